The number of anilines is 1. The van der Waals surface area contributed by atoms with E-state index in [2.05, 4.69) is 15.2 Å². The summed E-state index contributed by atoms with van der Waals surface area (Å²) in [6.07, 6.45) is -8.51. The van der Waals surface area contributed by atoms with Crippen molar-refractivity contribution in [2.24, 2.45) is 0 Å². The van der Waals surface area contributed by atoms with Gasteiger partial charge >= 0.3 is 12.4 Å². The first-order chi connectivity index (χ1) is 9.09. The van der Waals surface area contributed by atoms with E-state index in [0.717, 1.165) is 6.20 Å². The van der Waals surface area contributed by atoms with Gasteiger partial charge in [0.15, 0.2) is 11.5 Å². The molecule has 11 heteroatoms. The maximum Gasteiger partial charge on any atom is 0.436 e. The summed E-state index contributed by atoms with van der Waals surface area (Å²) in [5.41, 5.74) is 2.14. The molecular weight excluding hydrogens is 292 g/mol. The van der Waals surface area contributed by atoms with Crippen LogP contribution in [0.5, 0.6) is 0 Å². The normalized spacial score (nSPS) is 12.7. The lowest BCUT2D eigenvalue weighted by Crippen LogP contribution is -2.15. The summed E-state index contributed by atoms with van der Waals surface area (Å²) in [5, 5.41) is 6.07. The number of nitrogens with zero attached hydrogens (tertiary/aromatic N) is 4. The fourth-order valence-corrected chi connectivity index (χ4v) is 1.34. The molecule has 0 atom stereocenters. The number of pyridine rings is 1. The summed E-state index contributed by atoms with van der Waals surface area (Å²) in [6, 6.07) is 0.541. The Labute approximate surface area is 107 Å². The van der Waals surface area contributed by atoms with E-state index in [1.165, 1.54) is 0 Å². The molecular formula is C9H5F6N5. The van der Waals surface area contributed by atoms with Crippen LogP contribution in [0.3, 0.4) is 0 Å². The molecule has 2 N–H and O–H groups in total. The monoisotopic (exact) mass is 297 g/mol. The van der Waals surface area contributed by atoms with E-state index in [-0.39, 0.29) is 10.5 Å². The number of hydrogen-bond donors (Lipinski definition) is 1. The van der Waals surface area contributed by atoms with Crippen LogP contribution in [0.25, 0.3) is 5.82 Å². The van der Waals surface area contributed by atoms with Gasteiger partial charge in [-0.1, -0.05) is 0 Å². The Balaban J connectivity index is 2.56. The average Bonchev–Trinajstić information content (AvgIpc) is 2.76. The van der Waals surface area contributed by atoms with Crippen LogP contribution in [-0.4, -0.2) is 20.0 Å². The highest BCUT2D eigenvalue weighted by Gasteiger charge is 2.38. The van der Waals surface area contributed by atoms with Gasteiger partial charge in [0.25, 0.3) is 0 Å². The summed E-state index contributed by atoms with van der Waals surface area (Å²) in [6.45, 7) is 0. The van der Waals surface area contributed by atoms with Crippen molar-refractivity contribution in [3.05, 3.63) is 29.7 Å². The topological polar surface area (TPSA) is 69.6 Å². The van der Waals surface area contributed by atoms with E-state index in [1.54, 1.807) is 0 Å². The van der Waals surface area contributed by atoms with Crippen LogP contribution in [0.1, 0.15) is 11.3 Å². The molecule has 0 radical (unpaired) electrons. The second kappa shape index (κ2) is 4.35. The van der Waals surface area contributed by atoms with Gasteiger partial charge < -0.3 is 5.73 Å². The fourth-order valence-electron chi connectivity index (χ4n) is 1.34. The average molecular weight is 297 g/mol. The Bertz CT molecular complexity index is 628. The molecule has 108 valence electrons. The summed E-state index contributed by atoms with van der Waals surface area (Å²) < 4.78 is 75.3. The molecule has 20 heavy (non-hydrogen) atoms. The van der Waals surface area contributed by atoms with Gasteiger partial charge in [-0.2, -0.15) is 31.4 Å². The number of halogens is 6. The highest BCUT2D eigenvalue weighted by molar-refractivity contribution is 5.46. The molecule has 0 amide bonds. The molecule has 0 bridgehead atoms. The lowest BCUT2D eigenvalue weighted by Gasteiger charge is -2.11. The van der Waals surface area contributed by atoms with E-state index in [9.17, 15) is 26.3 Å². The van der Waals surface area contributed by atoms with Gasteiger partial charge in [-0.3, -0.25) is 0 Å². The predicted molar refractivity (Wildman–Crippen MR) is 53.6 cm³/mol. The summed E-state index contributed by atoms with van der Waals surface area (Å²) in [7, 11) is 0. The number of nitrogens with two attached hydrogens (primary N) is 1. The Morgan fingerprint density at radius 1 is 1.00 bits per heavy atom. The van der Waals surface area contributed by atoms with Crippen LogP contribution < -0.4 is 5.73 Å². The Hall–Kier alpha value is -2.33. The molecule has 0 saturated heterocycles. The molecule has 0 saturated carbocycles. The van der Waals surface area contributed by atoms with E-state index in [1.807, 2.05) is 0 Å². The maximum absolute atomic E-state index is 12.8. The molecule has 5 nitrogen and oxygen atoms in total. The van der Waals surface area contributed by atoms with Crippen molar-refractivity contribution in [2.75, 3.05) is 5.73 Å². The molecule has 2 aromatic heterocycles. The van der Waals surface area contributed by atoms with Crippen molar-refractivity contribution in [2.45, 2.75) is 12.4 Å². The molecule has 0 aliphatic rings. The third-order valence-corrected chi connectivity index (χ3v) is 2.16. The van der Waals surface area contributed by atoms with Crippen molar-refractivity contribution in [1.29, 1.82) is 0 Å². The van der Waals surface area contributed by atoms with Crippen LogP contribution in [0.15, 0.2) is 18.5 Å². The minimum Gasteiger partial charge on any atom is -0.397 e. The zero-order valence-electron chi connectivity index (χ0n) is 9.37. The zero-order valence-corrected chi connectivity index (χ0v) is 9.37. The van der Waals surface area contributed by atoms with E-state index >= 15 is 0 Å². The molecule has 2 aromatic rings. The first-order valence-corrected chi connectivity index (χ1v) is 4.91. The van der Waals surface area contributed by atoms with Crippen molar-refractivity contribution in [3.63, 3.8) is 0 Å². The fraction of sp³-hybridized carbons (Fsp3) is 0.222. The molecule has 0 aliphatic heterocycles. The largest absolute Gasteiger partial charge is 0.436 e. The Morgan fingerprint density at radius 2 is 1.65 bits per heavy atom. The van der Waals surface area contributed by atoms with Crippen LogP contribution in [-0.2, 0) is 12.4 Å². The molecule has 0 fully saturated rings. The van der Waals surface area contributed by atoms with Gasteiger partial charge in [-0.25, -0.2) is 4.98 Å². The molecule has 0 aliphatic carbocycles. The van der Waals surface area contributed by atoms with Gasteiger partial charge in [-0.15, -0.1) is 9.90 Å². The number of nitrogen functional groups attached to an aromatic ring is 1. The number of alkyl halides is 6. The van der Waals surface area contributed by atoms with Crippen LogP contribution in [0.2, 0.25) is 0 Å². The number of hydrogen-bond acceptors (Lipinski definition) is 4. The number of rotatable bonds is 1. The summed E-state index contributed by atoms with van der Waals surface area (Å²) in [5.74, 6) is -0.887. The smallest absolute Gasteiger partial charge is 0.397 e. The maximum atomic E-state index is 12.8. The SMILES string of the molecule is Nc1cnc(-n2ncc(C(F)(F)F)n2)c(C(F)(F)F)c1. The van der Waals surface area contributed by atoms with Crippen LogP contribution in [0, 0.1) is 0 Å². The molecule has 0 spiro atoms. The molecule has 0 unspecified atom stereocenters. The van der Waals surface area contributed by atoms with Crippen LogP contribution >= 0.6 is 0 Å². The second-order valence-corrected chi connectivity index (χ2v) is 3.65. The second-order valence-electron chi connectivity index (χ2n) is 3.65. The Morgan fingerprint density at radius 3 is 2.15 bits per heavy atom. The third kappa shape index (κ3) is 2.65. The molecule has 2 heterocycles. The van der Waals surface area contributed by atoms with Crippen molar-refractivity contribution < 1.29 is 26.3 Å². The lowest BCUT2D eigenvalue weighted by atomic mass is 10.2. The van der Waals surface area contributed by atoms with Gasteiger partial charge in [0.05, 0.1) is 18.1 Å². The molecule has 2 rings (SSSR count). The highest BCUT2D eigenvalue weighted by Crippen LogP contribution is 2.34. The van der Waals surface area contributed by atoms with Gasteiger partial charge in [0.2, 0.25) is 0 Å². The third-order valence-electron chi connectivity index (χ3n) is 2.16. The first kappa shape index (κ1) is 14.1. The van der Waals surface area contributed by atoms with E-state index < -0.39 is 29.4 Å². The van der Waals surface area contributed by atoms with Crippen LogP contribution in [0.4, 0.5) is 32.0 Å². The summed E-state index contributed by atoms with van der Waals surface area (Å²) >= 11 is 0. The lowest BCUT2D eigenvalue weighted by molar-refractivity contribution is -0.141. The molecule has 0 aromatic carbocycles. The first-order valence-electron chi connectivity index (χ1n) is 4.91. The van der Waals surface area contributed by atoms with E-state index in [4.69, 9.17) is 5.73 Å². The minimum atomic E-state index is -4.86. The highest BCUT2D eigenvalue weighted by atomic mass is 19.4. The van der Waals surface area contributed by atoms with Crippen molar-refractivity contribution >= 4 is 5.69 Å². The van der Waals surface area contributed by atoms with Gasteiger partial charge in [-0.05, 0) is 6.07 Å². The van der Waals surface area contributed by atoms with Crippen molar-refractivity contribution in [3.8, 4) is 5.82 Å². The summed E-state index contributed by atoms with van der Waals surface area (Å²) in [4.78, 5) is 3.49. The standard InChI is InChI=1S/C9H5F6N5/c10-8(11,12)5-1-4(16)2-17-7(5)20-18-3-6(19-20)9(13,14)15/h1-3H,16H2. The van der Waals surface area contributed by atoms with Gasteiger partial charge in [0.1, 0.15) is 5.56 Å². The predicted octanol–water partition coefficient (Wildman–Crippen LogP) is 2.28. The minimum absolute atomic E-state index is 0.158. The zero-order chi connectivity index (χ0) is 15.1. The van der Waals surface area contributed by atoms with Crippen molar-refractivity contribution in [1.82, 2.24) is 20.0 Å². The quantitative estimate of drug-likeness (QED) is 0.820. The van der Waals surface area contributed by atoms with E-state index in [0.29, 0.717) is 12.3 Å². The number of aromatic nitrogens is 4. The van der Waals surface area contributed by atoms with Gasteiger partial charge in [0, 0.05) is 0 Å². The Kier molecular flexibility index (Phi) is 3.07.